The molecule has 0 N–H and O–H groups in total. The highest BCUT2D eigenvalue weighted by Crippen LogP contribution is 2.42. The Morgan fingerprint density at radius 1 is 1.07 bits per heavy atom. The lowest BCUT2D eigenvalue weighted by Gasteiger charge is -2.31. The van der Waals surface area contributed by atoms with Crippen molar-refractivity contribution in [3.05, 3.63) is 52.8 Å². The topological polar surface area (TPSA) is 66.5 Å². The summed E-state index contributed by atoms with van der Waals surface area (Å²) in [6, 6.07) is 9.20. The Labute approximate surface area is 173 Å². The second kappa shape index (κ2) is 7.04. The van der Waals surface area contributed by atoms with Gasteiger partial charge in [-0.3, -0.25) is 9.69 Å². The Morgan fingerprint density at radius 3 is 2.87 bits per heavy atom. The molecule has 4 aliphatic heterocycles. The van der Waals surface area contributed by atoms with E-state index in [2.05, 4.69) is 4.90 Å². The molecule has 2 aromatic rings. The number of hydrogen-bond acceptors (Lipinski definition) is 7. The summed E-state index contributed by atoms with van der Waals surface area (Å²) < 4.78 is 28.5. The van der Waals surface area contributed by atoms with Gasteiger partial charge in [0.25, 0.3) is 0 Å². The van der Waals surface area contributed by atoms with E-state index in [0.29, 0.717) is 41.8 Å². The van der Waals surface area contributed by atoms with Crippen LogP contribution in [0.1, 0.15) is 34.3 Å². The fourth-order valence-corrected chi connectivity index (χ4v) is 4.35. The number of allylic oxidation sites excluding steroid dienone is 1. The van der Waals surface area contributed by atoms with Crippen molar-refractivity contribution in [2.75, 3.05) is 26.7 Å². The van der Waals surface area contributed by atoms with Crippen LogP contribution in [0.5, 0.6) is 23.0 Å². The van der Waals surface area contributed by atoms with E-state index in [1.54, 1.807) is 12.1 Å². The van der Waals surface area contributed by atoms with Gasteiger partial charge >= 0.3 is 0 Å². The molecule has 4 aliphatic rings. The SMILES string of the molecule is O=C1/C(=C/c2ccc3c(c2)OCO3)Oc2c1ccc1c2CN(C[C@@H]2CCCO2)CO1. The Bertz CT molecular complexity index is 1060. The van der Waals surface area contributed by atoms with Crippen molar-refractivity contribution in [2.45, 2.75) is 25.5 Å². The maximum absolute atomic E-state index is 13.0. The van der Waals surface area contributed by atoms with E-state index in [4.69, 9.17) is 23.7 Å². The van der Waals surface area contributed by atoms with Crippen LogP contribution in [0.2, 0.25) is 0 Å². The summed E-state index contributed by atoms with van der Waals surface area (Å²) in [6.45, 7) is 3.04. The van der Waals surface area contributed by atoms with Gasteiger partial charge in [-0.2, -0.15) is 0 Å². The number of nitrogens with zero attached hydrogens (tertiary/aromatic N) is 1. The summed E-state index contributed by atoms with van der Waals surface area (Å²) in [5.41, 5.74) is 2.31. The predicted octanol–water partition coefficient (Wildman–Crippen LogP) is 3.36. The standard InChI is InChI=1S/C23H21NO6/c25-22-16-4-6-18-17(11-24(12-27-18)10-15-2-1-7-26-15)23(16)30-21(22)9-14-3-5-19-20(8-14)29-13-28-19/h3-6,8-9,15H,1-2,7,10-13H2/b21-9-/t15-/m0/s1. The summed E-state index contributed by atoms with van der Waals surface area (Å²) in [4.78, 5) is 15.2. The first-order valence-corrected chi connectivity index (χ1v) is 10.2. The molecule has 7 heteroatoms. The lowest BCUT2D eigenvalue weighted by molar-refractivity contribution is 0.0274. The van der Waals surface area contributed by atoms with Crippen LogP contribution in [0.15, 0.2) is 36.1 Å². The minimum absolute atomic E-state index is 0.123. The normalized spacial score (nSPS) is 23.3. The monoisotopic (exact) mass is 407 g/mol. The largest absolute Gasteiger partial charge is 0.478 e. The van der Waals surface area contributed by atoms with Gasteiger partial charge in [0.1, 0.15) is 18.2 Å². The van der Waals surface area contributed by atoms with Gasteiger partial charge in [-0.05, 0) is 48.7 Å². The molecule has 1 fully saturated rings. The van der Waals surface area contributed by atoms with E-state index in [0.717, 1.165) is 42.9 Å². The maximum Gasteiger partial charge on any atom is 0.231 e. The number of carbonyl (C=O) groups excluding carboxylic acids is 1. The zero-order valence-corrected chi connectivity index (χ0v) is 16.4. The number of carbonyl (C=O) groups is 1. The highest BCUT2D eigenvalue weighted by molar-refractivity contribution is 6.15. The fraction of sp³-hybridized carbons (Fsp3) is 0.348. The summed E-state index contributed by atoms with van der Waals surface area (Å²) in [5, 5.41) is 0. The van der Waals surface area contributed by atoms with E-state index in [9.17, 15) is 4.79 Å². The van der Waals surface area contributed by atoms with Crippen LogP contribution < -0.4 is 18.9 Å². The first-order chi connectivity index (χ1) is 14.7. The Kier molecular flexibility index (Phi) is 4.17. The molecular weight excluding hydrogens is 386 g/mol. The van der Waals surface area contributed by atoms with Crippen LogP contribution in [-0.2, 0) is 11.3 Å². The van der Waals surface area contributed by atoms with Gasteiger partial charge in [0, 0.05) is 19.7 Å². The van der Waals surface area contributed by atoms with Crippen molar-refractivity contribution in [3.63, 3.8) is 0 Å². The van der Waals surface area contributed by atoms with Gasteiger partial charge < -0.3 is 23.7 Å². The first-order valence-electron chi connectivity index (χ1n) is 10.2. The van der Waals surface area contributed by atoms with E-state index < -0.39 is 0 Å². The minimum Gasteiger partial charge on any atom is -0.478 e. The third-order valence-electron chi connectivity index (χ3n) is 5.86. The number of hydrogen-bond donors (Lipinski definition) is 0. The van der Waals surface area contributed by atoms with Crippen LogP contribution in [-0.4, -0.2) is 43.5 Å². The second-order valence-corrected chi connectivity index (χ2v) is 7.89. The van der Waals surface area contributed by atoms with Crippen LogP contribution >= 0.6 is 0 Å². The molecule has 0 unspecified atom stereocenters. The van der Waals surface area contributed by atoms with Crippen LogP contribution in [0.3, 0.4) is 0 Å². The maximum atomic E-state index is 13.0. The highest BCUT2D eigenvalue weighted by Gasteiger charge is 2.34. The van der Waals surface area contributed by atoms with Gasteiger partial charge in [0.2, 0.25) is 12.6 Å². The first kappa shape index (κ1) is 17.8. The molecule has 1 atom stereocenters. The van der Waals surface area contributed by atoms with Crippen LogP contribution in [0, 0.1) is 0 Å². The number of ether oxygens (including phenoxy) is 5. The van der Waals surface area contributed by atoms with E-state index in [1.165, 1.54) is 0 Å². The summed E-state index contributed by atoms with van der Waals surface area (Å²) >= 11 is 0. The lowest BCUT2D eigenvalue weighted by Crippen LogP contribution is -2.37. The minimum atomic E-state index is -0.123. The third kappa shape index (κ3) is 3.02. The molecule has 0 spiro atoms. The average molecular weight is 407 g/mol. The fourth-order valence-electron chi connectivity index (χ4n) is 4.35. The van der Waals surface area contributed by atoms with Crippen molar-refractivity contribution in [1.82, 2.24) is 4.90 Å². The van der Waals surface area contributed by atoms with Gasteiger partial charge in [-0.1, -0.05) is 6.07 Å². The molecule has 4 heterocycles. The molecule has 2 aromatic carbocycles. The second-order valence-electron chi connectivity index (χ2n) is 7.89. The van der Waals surface area contributed by atoms with Crippen molar-refractivity contribution in [1.29, 1.82) is 0 Å². The summed E-state index contributed by atoms with van der Waals surface area (Å²) in [7, 11) is 0. The zero-order chi connectivity index (χ0) is 20.1. The van der Waals surface area contributed by atoms with Gasteiger partial charge in [0.05, 0.1) is 17.2 Å². The van der Waals surface area contributed by atoms with Gasteiger partial charge in [-0.25, -0.2) is 0 Å². The molecule has 0 aliphatic carbocycles. The molecule has 0 aromatic heterocycles. The van der Waals surface area contributed by atoms with Gasteiger partial charge in [-0.15, -0.1) is 0 Å². The van der Waals surface area contributed by atoms with E-state index >= 15 is 0 Å². The molecule has 6 rings (SSSR count). The number of ketones is 1. The van der Waals surface area contributed by atoms with Crippen molar-refractivity contribution >= 4 is 11.9 Å². The smallest absolute Gasteiger partial charge is 0.231 e. The molecular formula is C23H21NO6. The molecule has 1 saturated heterocycles. The van der Waals surface area contributed by atoms with Crippen LogP contribution in [0.4, 0.5) is 0 Å². The molecule has 0 amide bonds. The number of benzene rings is 2. The summed E-state index contributed by atoms with van der Waals surface area (Å²) in [5.74, 6) is 2.92. The number of rotatable bonds is 3. The van der Waals surface area contributed by atoms with Crippen molar-refractivity contribution < 1.29 is 28.5 Å². The number of fused-ring (bicyclic) bond motifs is 4. The quantitative estimate of drug-likeness (QED) is 0.723. The molecule has 0 bridgehead atoms. The Morgan fingerprint density at radius 2 is 1.97 bits per heavy atom. The van der Waals surface area contributed by atoms with Gasteiger partial charge in [0.15, 0.2) is 17.3 Å². The average Bonchev–Trinajstić information content (AvgIpc) is 3.50. The van der Waals surface area contributed by atoms with Crippen LogP contribution in [0.25, 0.3) is 6.08 Å². The number of Topliss-reactive ketones (excluding diaryl/α,β-unsaturated/α-hetero) is 1. The zero-order valence-electron chi connectivity index (χ0n) is 16.4. The lowest BCUT2D eigenvalue weighted by atomic mass is 10.0. The Balaban J connectivity index is 1.27. The van der Waals surface area contributed by atoms with E-state index in [-0.39, 0.29) is 18.7 Å². The third-order valence-corrected chi connectivity index (χ3v) is 5.86. The van der Waals surface area contributed by atoms with E-state index in [1.807, 2.05) is 24.3 Å². The molecule has 30 heavy (non-hydrogen) atoms. The molecule has 7 nitrogen and oxygen atoms in total. The summed E-state index contributed by atoms with van der Waals surface area (Å²) in [6.07, 6.45) is 4.17. The highest BCUT2D eigenvalue weighted by atomic mass is 16.7. The molecule has 0 radical (unpaired) electrons. The van der Waals surface area contributed by atoms with Crippen molar-refractivity contribution in [3.8, 4) is 23.0 Å². The molecule has 0 saturated carbocycles. The molecule has 154 valence electrons. The Hall–Kier alpha value is -3.03. The predicted molar refractivity (Wildman–Crippen MR) is 107 cm³/mol. The van der Waals surface area contributed by atoms with Crippen molar-refractivity contribution in [2.24, 2.45) is 0 Å².